The highest BCUT2D eigenvalue weighted by atomic mass is 19.4. The van der Waals surface area contributed by atoms with Gasteiger partial charge in [0.05, 0.1) is 62.3 Å². The lowest BCUT2D eigenvalue weighted by Gasteiger charge is -2.22. The first-order chi connectivity index (χ1) is 23.9. The molecule has 0 aliphatic carbocycles. The van der Waals surface area contributed by atoms with Crippen molar-refractivity contribution in [1.82, 2.24) is 9.13 Å². The van der Waals surface area contributed by atoms with E-state index in [1.165, 1.54) is 6.07 Å². The molecule has 0 aliphatic rings. The van der Waals surface area contributed by atoms with E-state index in [9.17, 15) is 23.7 Å². The minimum Gasteiger partial charge on any atom is -0.308 e. The van der Waals surface area contributed by atoms with Crippen LogP contribution in [0.4, 0.5) is 13.2 Å². The Morgan fingerprint density at radius 1 is 0.480 bits per heavy atom. The van der Waals surface area contributed by atoms with E-state index in [1.54, 1.807) is 12.1 Å². The zero-order valence-electron chi connectivity index (χ0n) is 27.7. The molecule has 4 nitrogen and oxygen atoms in total. The Kier molecular flexibility index (Phi) is 6.89. The van der Waals surface area contributed by atoms with Crippen molar-refractivity contribution in [1.29, 1.82) is 10.5 Å². The summed E-state index contributed by atoms with van der Waals surface area (Å²) in [4.78, 5) is 0. The Morgan fingerprint density at radius 2 is 0.840 bits per heavy atom. The summed E-state index contributed by atoms with van der Waals surface area (Å²) in [6.45, 7) is 8.00. The van der Waals surface area contributed by atoms with E-state index < -0.39 is 11.7 Å². The fourth-order valence-electron chi connectivity index (χ4n) is 7.32. The standard InChI is InChI=1S/C43H29F3N4/c1-24-5-9-32-33-10-6-25(2)14-37(33)49(36(32)13-24)40-19-29(23-48)20-41(42(40)30-17-28(22-47)18-31(21-30)43(44,45)46)50-38-15-26(3)7-11-34(38)35-12-8-27(4)16-39(35)50/h5-21H,1-4H3. The molecule has 0 aliphatic heterocycles. The second-order valence-electron chi connectivity index (χ2n) is 13.2. The quantitative estimate of drug-likeness (QED) is 0.190. The zero-order valence-corrected chi connectivity index (χ0v) is 27.7. The number of rotatable bonds is 3. The van der Waals surface area contributed by atoms with E-state index in [0.29, 0.717) is 22.5 Å². The normalized spacial score (nSPS) is 11.9. The van der Waals surface area contributed by atoms with Gasteiger partial charge in [-0.1, -0.05) is 48.5 Å². The molecule has 2 aromatic heterocycles. The molecule has 0 radical (unpaired) electrons. The Morgan fingerprint density at radius 3 is 1.18 bits per heavy atom. The Bertz CT molecular complexity index is 2550. The Labute approximate surface area is 286 Å². The molecule has 8 rings (SSSR count). The van der Waals surface area contributed by atoms with Gasteiger partial charge in [-0.05, 0) is 110 Å². The molecular weight excluding hydrogens is 629 g/mol. The third-order valence-corrected chi connectivity index (χ3v) is 9.54. The van der Waals surface area contributed by atoms with Gasteiger partial charge in [-0.25, -0.2) is 0 Å². The molecule has 0 unspecified atom stereocenters. The van der Waals surface area contributed by atoms with Gasteiger partial charge in [0, 0.05) is 27.1 Å². The van der Waals surface area contributed by atoms with Crippen LogP contribution in [0.25, 0.3) is 66.1 Å². The van der Waals surface area contributed by atoms with Crippen molar-refractivity contribution < 1.29 is 13.2 Å². The number of nitriles is 2. The minimum absolute atomic E-state index is 0.112. The molecule has 0 N–H and O–H groups in total. The van der Waals surface area contributed by atoms with Gasteiger partial charge in [0.25, 0.3) is 0 Å². The Balaban J connectivity index is 1.65. The molecular formula is C43H29F3N4. The maximum Gasteiger partial charge on any atom is 0.416 e. The van der Waals surface area contributed by atoms with E-state index in [2.05, 4.69) is 63.7 Å². The maximum absolute atomic E-state index is 14.5. The highest BCUT2D eigenvalue weighted by Gasteiger charge is 2.32. The van der Waals surface area contributed by atoms with Crippen LogP contribution >= 0.6 is 0 Å². The summed E-state index contributed by atoms with van der Waals surface area (Å²) in [6, 6.07) is 36.0. The first kappa shape index (κ1) is 31.0. The fraction of sp³-hybridized carbons (Fsp3) is 0.116. The summed E-state index contributed by atoms with van der Waals surface area (Å²) in [7, 11) is 0. The van der Waals surface area contributed by atoms with Crippen LogP contribution in [0.1, 0.15) is 38.9 Å². The fourth-order valence-corrected chi connectivity index (χ4v) is 7.32. The lowest BCUT2D eigenvalue weighted by molar-refractivity contribution is -0.137. The number of hydrogen-bond donors (Lipinski definition) is 0. The summed E-state index contributed by atoms with van der Waals surface area (Å²) in [6.07, 6.45) is -4.70. The van der Waals surface area contributed by atoms with E-state index in [-0.39, 0.29) is 11.1 Å². The second kappa shape index (κ2) is 11.1. The van der Waals surface area contributed by atoms with Crippen LogP contribution in [-0.4, -0.2) is 9.13 Å². The molecule has 0 saturated heterocycles. The molecule has 0 spiro atoms. The third kappa shape index (κ3) is 4.82. The van der Waals surface area contributed by atoms with Crippen LogP contribution in [0.15, 0.2) is 103 Å². The molecule has 2 heterocycles. The molecule has 0 atom stereocenters. The second-order valence-corrected chi connectivity index (χ2v) is 13.2. The van der Waals surface area contributed by atoms with E-state index in [1.807, 2.05) is 58.0 Å². The molecule has 0 bridgehead atoms. The molecule has 242 valence electrons. The number of benzene rings is 6. The van der Waals surface area contributed by atoms with E-state index in [0.717, 1.165) is 78.0 Å². The summed E-state index contributed by atoms with van der Waals surface area (Å²) in [5.41, 5.74) is 8.53. The van der Waals surface area contributed by atoms with Gasteiger partial charge in [-0.2, -0.15) is 23.7 Å². The minimum atomic E-state index is -4.70. The molecule has 0 amide bonds. The van der Waals surface area contributed by atoms with Crippen molar-refractivity contribution in [3.05, 3.63) is 142 Å². The van der Waals surface area contributed by atoms with Gasteiger partial charge in [0.15, 0.2) is 0 Å². The monoisotopic (exact) mass is 658 g/mol. The largest absolute Gasteiger partial charge is 0.416 e. The SMILES string of the molecule is Cc1ccc2c3ccc(C)cc3n(-c3cc(C#N)cc(-n4c5cc(C)ccc5c5ccc(C)cc54)c3-c3cc(C#N)cc(C(F)(F)F)c3)c2c1. The predicted molar refractivity (Wildman–Crippen MR) is 194 cm³/mol. The van der Waals surface area contributed by atoms with Crippen molar-refractivity contribution in [3.63, 3.8) is 0 Å². The van der Waals surface area contributed by atoms with Gasteiger partial charge in [-0.3, -0.25) is 0 Å². The lowest BCUT2D eigenvalue weighted by atomic mass is 9.94. The zero-order chi connectivity index (χ0) is 35.1. The summed E-state index contributed by atoms with van der Waals surface area (Å²) >= 11 is 0. The number of aromatic nitrogens is 2. The number of hydrogen-bond acceptors (Lipinski definition) is 2. The van der Waals surface area contributed by atoms with Crippen LogP contribution in [0, 0.1) is 50.4 Å². The molecule has 6 aromatic carbocycles. The number of nitrogens with zero attached hydrogens (tertiary/aromatic N) is 4. The number of fused-ring (bicyclic) bond motifs is 6. The number of halogens is 3. The summed E-state index contributed by atoms with van der Waals surface area (Å²) < 4.78 is 47.7. The van der Waals surface area contributed by atoms with Crippen LogP contribution in [0.5, 0.6) is 0 Å². The highest BCUT2D eigenvalue weighted by Crippen LogP contribution is 2.44. The van der Waals surface area contributed by atoms with Gasteiger partial charge < -0.3 is 9.13 Å². The van der Waals surface area contributed by atoms with Crippen molar-refractivity contribution >= 4 is 43.6 Å². The van der Waals surface area contributed by atoms with Crippen molar-refractivity contribution in [3.8, 4) is 34.6 Å². The third-order valence-electron chi connectivity index (χ3n) is 9.54. The molecule has 8 aromatic rings. The van der Waals surface area contributed by atoms with Crippen molar-refractivity contribution in [2.75, 3.05) is 0 Å². The molecule has 7 heteroatoms. The molecule has 50 heavy (non-hydrogen) atoms. The van der Waals surface area contributed by atoms with Crippen molar-refractivity contribution in [2.24, 2.45) is 0 Å². The van der Waals surface area contributed by atoms with Crippen molar-refractivity contribution in [2.45, 2.75) is 33.9 Å². The van der Waals surface area contributed by atoms with Crippen LogP contribution in [0.2, 0.25) is 0 Å². The lowest BCUT2D eigenvalue weighted by Crippen LogP contribution is -2.08. The van der Waals surface area contributed by atoms with Gasteiger partial charge >= 0.3 is 6.18 Å². The number of alkyl halides is 3. The van der Waals surface area contributed by atoms with E-state index in [4.69, 9.17) is 0 Å². The predicted octanol–water partition coefficient (Wildman–Crippen LogP) is 11.5. The van der Waals surface area contributed by atoms with Crippen LogP contribution in [0.3, 0.4) is 0 Å². The number of aryl methyl sites for hydroxylation is 4. The average molecular weight is 659 g/mol. The maximum atomic E-state index is 14.5. The smallest absolute Gasteiger partial charge is 0.308 e. The first-order valence-electron chi connectivity index (χ1n) is 16.2. The molecule has 0 saturated carbocycles. The average Bonchev–Trinajstić information content (AvgIpc) is 3.57. The van der Waals surface area contributed by atoms with Gasteiger partial charge in [0.1, 0.15) is 0 Å². The van der Waals surface area contributed by atoms with Gasteiger partial charge in [0.2, 0.25) is 0 Å². The summed E-state index contributed by atoms with van der Waals surface area (Å²) in [5, 5.41) is 24.5. The van der Waals surface area contributed by atoms with E-state index >= 15 is 0 Å². The molecule has 0 fully saturated rings. The van der Waals surface area contributed by atoms with Crippen LogP contribution < -0.4 is 0 Å². The van der Waals surface area contributed by atoms with Gasteiger partial charge in [-0.15, -0.1) is 0 Å². The Hall–Kier alpha value is -6.31. The first-order valence-corrected chi connectivity index (χ1v) is 16.2. The topological polar surface area (TPSA) is 57.4 Å². The summed E-state index contributed by atoms with van der Waals surface area (Å²) in [5.74, 6) is 0. The van der Waals surface area contributed by atoms with Crippen LogP contribution in [-0.2, 0) is 6.18 Å². The highest BCUT2D eigenvalue weighted by molar-refractivity contribution is 6.12.